The van der Waals surface area contributed by atoms with E-state index < -0.39 is 23.8 Å². The smallest absolute Gasteiger partial charge is 0.247 e. The third kappa shape index (κ3) is 6.99. The van der Waals surface area contributed by atoms with E-state index in [4.69, 9.17) is 5.21 Å². The van der Waals surface area contributed by atoms with Gasteiger partial charge in [0.1, 0.15) is 6.04 Å². The molecule has 4 N–H and O–H groups in total. The fourth-order valence-corrected chi connectivity index (χ4v) is 4.46. The predicted molar refractivity (Wildman–Crippen MR) is 109 cm³/mol. The van der Waals surface area contributed by atoms with Gasteiger partial charge in [-0.2, -0.15) is 0 Å². The van der Waals surface area contributed by atoms with Crippen molar-refractivity contribution >= 4 is 40.8 Å². The second kappa shape index (κ2) is 11.5. The minimum Gasteiger partial charge on any atom is -0.357 e. The van der Waals surface area contributed by atoms with Gasteiger partial charge in [-0.05, 0) is 17.0 Å². The first-order valence-corrected chi connectivity index (χ1v) is 10.5. The highest BCUT2D eigenvalue weighted by Crippen LogP contribution is 2.26. The monoisotopic (exact) mass is 421 g/mol. The van der Waals surface area contributed by atoms with E-state index in [1.807, 2.05) is 47.8 Å². The van der Waals surface area contributed by atoms with Gasteiger partial charge in [-0.15, -0.1) is 23.1 Å². The molecule has 3 amide bonds. The number of hydrogen-bond acceptors (Lipinski definition) is 6. The van der Waals surface area contributed by atoms with Crippen LogP contribution in [0.2, 0.25) is 0 Å². The Bertz CT molecular complexity index is 769. The number of thiophene rings is 1. The molecule has 2 unspecified atom stereocenters. The molecular weight excluding hydrogens is 398 g/mol. The molecule has 0 aliphatic rings. The van der Waals surface area contributed by atoms with Crippen LogP contribution in [0.15, 0.2) is 52.1 Å². The normalized spacial score (nSPS) is 12.6. The lowest BCUT2D eigenvalue weighted by Crippen LogP contribution is -2.48. The van der Waals surface area contributed by atoms with Crippen LogP contribution in [0.5, 0.6) is 0 Å². The standard InChI is InChI=1S/C19H23N3O4S2/c1-20-19(25)15(10-13-6-3-2-4-7-13)21-16(23)11-14(18(24)22-26)12-28-17-8-5-9-27-17/h2-9,14-15,26H,10-12H2,1H3,(H,20,25)(H,21,23)(H,22,24). The van der Waals surface area contributed by atoms with Crippen LogP contribution in [0.4, 0.5) is 0 Å². The summed E-state index contributed by atoms with van der Waals surface area (Å²) in [4.78, 5) is 36.6. The van der Waals surface area contributed by atoms with E-state index in [0.29, 0.717) is 12.2 Å². The molecule has 150 valence electrons. The highest BCUT2D eigenvalue weighted by atomic mass is 32.2. The summed E-state index contributed by atoms with van der Waals surface area (Å²) in [6.45, 7) is 0. The number of nitrogens with one attached hydrogen (secondary N) is 3. The maximum Gasteiger partial charge on any atom is 0.247 e. The van der Waals surface area contributed by atoms with Crippen LogP contribution in [0.3, 0.4) is 0 Å². The summed E-state index contributed by atoms with van der Waals surface area (Å²) in [5.74, 6) is -1.75. The molecule has 0 aliphatic heterocycles. The van der Waals surface area contributed by atoms with Crippen molar-refractivity contribution < 1.29 is 19.6 Å². The molecule has 0 spiro atoms. The zero-order valence-corrected chi connectivity index (χ0v) is 17.0. The molecule has 9 heteroatoms. The Balaban J connectivity index is 1.98. The molecule has 28 heavy (non-hydrogen) atoms. The Hall–Kier alpha value is -2.36. The van der Waals surface area contributed by atoms with Crippen molar-refractivity contribution in [3.8, 4) is 0 Å². The van der Waals surface area contributed by atoms with E-state index in [1.54, 1.807) is 5.48 Å². The fraction of sp³-hybridized carbons (Fsp3) is 0.316. The van der Waals surface area contributed by atoms with Crippen molar-refractivity contribution in [2.45, 2.75) is 23.1 Å². The summed E-state index contributed by atoms with van der Waals surface area (Å²) in [6, 6.07) is 12.4. The molecule has 0 bridgehead atoms. The predicted octanol–water partition coefficient (Wildman–Crippen LogP) is 1.83. The first kappa shape index (κ1) is 21.9. The summed E-state index contributed by atoms with van der Waals surface area (Å²) in [5, 5.41) is 16.1. The molecule has 0 saturated carbocycles. The van der Waals surface area contributed by atoms with E-state index >= 15 is 0 Å². The number of hydrogen-bond donors (Lipinski definition) is 4. The Labute approximate surface area is 171 Å². The molecule has 0 fully saturated rings. The molecule has 0 saturated heterocycles. The van der Waals surface area contributed by atoms with Crippen molar-refractivity contribution in [1.82, 2.24) is 16.1 Å². The fourth-order valence-electron chi connectivity index (χ4n) is 2.56. The first-order valence-electron chi connectivity index (χ1n) is 8.68. The van der Waals surface area contributed by atoms with Gasteiger partial charge in [-0.25, -0.2) is 5.48 Å². The number of carbonyl (C=O) groups excluding carboxylic acids is 3. The number of carbonyl (C=O) groups is 3. The van der Waals surface area contributed by atoms with Crippen LogP contribution in [0.25, 0.3) is 0 Å². The van der Waals surface area contributed by atoms with E-state index in [0.717, 1.165) is 9.77 Å². The quantitative estimate of drug-likeness (QED) is 0.266. The molecule has 1 aromatic carbocycles. The van der Waals surface area contributed by atoms with E-state index in [2.05, 4.69) is 10.6 Å². The second-order valence-electron chi connectivity index (χ2n) is 6.04. The van der Waals surface area contributed by atoms with Gasteiger partial charge in [0.05, 0.1) is 10.1 Å². The third-order valence-electron chi connectivity index (χ3n) is 4.02. The van der Waals surface area contributed by atoms with Gasteiger partial charge < -0.3 is 10.6 Å². The molecule has 2 rings (SSSR count). The Kier molecular flexibility index (Phi) is 8.99. The molecule has 7 nitrogen and oxygen atoms in total. The molecule has 0 radical (unpaired) electrons. The van der Waals surface area contributed by atoms with Crippen molar-refractivity contribution in [3.05, 3.63) is 53.4 Å². The minimum atomic E-state index is -0.748. The summed E-state index contributed by atoms with van der Waals surface area (Å²) in [6.07, 6.45) is 0.208. The molecule has 0 aliphatic carbocycles. The Morgan fingerprint density at radius 3 is 2.46 bits per heavy atom. The van der Waals surface area contributed by atoms with Crippen LogP contribution in [0.1, 0.15) is 12.0 Å². The van der Waals surface area contributed by atoms with Gasteiger partial charge in [-0.3, -0.25) is 19.6 Å². The van der Waals surface area contributed by atoms with Crippen molar-refractivity contribution in [3.63, 3.8) is 0 Å². The van der Waals surface area contributed by atoms with Crippen molar-refractivity contribution in [2.75, 3.05) is 12.8 Å². The average Bonchev–Trinajstić information content (AvgIpc) is 3.23. The van der Waals surface area contributed by atoms with E-state index in [1.165, 1.54) is 30.1 Å². The van der Waals surface area contributed by atoms with Gasteiger partial charge in [0.15, 0.2) is 0 Å². The van der Waals surface area contributed by atoms with Crippen molar-refractivity contribution in [2.24, 2.45) is 5.92 Å². The van der Waals surface area contributed by atoms with Crippen LogP contribution in [0, 0.1) is 5.92 Å². The number of thioether (sulfide) groups is 1. The van der Waals surface area contributed by atoms with Crippen LogP contribution >= 0.6 is 23.1 Å². The van der Waals surface area contributed by atoms with Crippen LogP contribution in [-0.2, 0) is 20.8 Å². The van der Waals surface area contributed by atoms with E-state index in [9.17, 15) is 14.4 Å². The van der Waals surface area contributed by atoms with Gasteiger partial charge in [0.2, 0.25) is 17.7 Å². The minimum absolute atomic E-state index is 0.132. The molecule has 1 heterocycles. The molecule has 1 aromatic heterocycles. The number of rotatable bonds is 10. The van der Waals surface area contributed by atoms with Gasteiger partial charge in [0, 0.05) is 25.6 Å². The lowest BCUT2D eigenvalue weighted by atomic mass is 10.0. The zero-order chi connectivity index (χ0) is 20.4. The van der Waals surface area contributed by atoms with Crippen LogP contribution in [-0.4, -0.2) is 41.8 Å². The van der Waals surface area contributed by atoms with Gasteiger partial charge in [-0.1, -0.05) is 36.4 Å². The van der Waals surface area contributed by atoms with Crippen molar-refractivity contribution in [1.29, 1.82) is 0 Å². The number of amides is 3. The van der Waals surface area contributed by atoms with Gasteiger partial charge >= 0.3 is 0 Å². The van der Waals surface area contributed by atoms with E-state index in [-0.39, 0.29) is 12.3 Å². The zero-order valence-electron chi connectivity index (χ0n) is 15.4. The summed E-state index contributed by atoms with van der Waals surface area (Å²) >= 11 is 2.98. The topological polar surface area (TPSA) is 108 Å². The summed E-state index contributed by atoms with van der Waals surface area (Å²) in [7, 11) is 1.51. The molecule has 2 atom stereocenters. The number of hydroxylamine groups is 1. The molecular formula is C19H23N3O4S2. The maximum absolute atomic E-state index is 12.5. The van der Waals surface area contributed by atoms with Crippen LogP contribution < -0.4 is 16.1 Å². The first-order chi connectivity index (χ1) is 13.5. The largest absolute Gasteiger partial charge is 0.357 e. The van der Waals surface area contributed by atoms with Gasteiger partial charge in [0.25, 0.3) is 0 Å². The highest BCUT2D eigenvalue weighted by molar-refractivity contribution is 8.01. The summed E-state index contributed by atoms with van der Waals surface area (Å²) in [5.41, 5.74) is 2.53. The summed E-state index contributed by atoms with van der Waals surface area (Å²) < 4.78 is 1.02. The third-order valence-corrected chi connectivity index (χ3v) is 6.31. The highest BCUT2D eigenvalue weighted by Gasteiger charge is 2.26. The Morgan fingerprint density at radius 1 is 1.11 bits per heavy atom. The number of benzene rings is 1. The second-order valence-corrected chi connectivity index (χ2v) is 8.31. The number of likely N-dealkylation sites (N-methyl/N-ethyl adjacent to an activating group) is 1. The maximum atomic E-state index is 12.5. The SMILES string of the molecule is CNC(=O)C(Cc1ccccc1)NC(=O)CC(CSc1cccs1)C(=O)NO. The molecule has 2 aromatic rings. The lowest BCUT2D eigenvalue weighted by molar-refractivity contribution is -0.136. The average molecular weight is 422 g/mol. The lowest BCUT2D eigenvalue weighted by Gasteiger charge is -2.19. The Morgan fingerprint density at radius 2 is 1.86 bits per heavy atom.